The SMILES string of the molecule is C=C/C=N\C=C(/C)C1(n2c(NS(=O)(=O)[C@@H](C)[C@H](OC)c3ncc(Cl)cn3)nnc2[C@H]2COCCO2)CC1. The van der Waals surface area contributed by atoms with Crippen LogP contribution in [0.3, 0.4) is 0 Å². The maximum Gasteiger partial charge on any atom is 0.240 e. The number of hydrogen-bond donors (Lipinski definition) is 1. The third kappa shape index (κ3) is 5.75. The Balaban J connectivity index is 1.70. The van der Waals surface area contributed by atoms with Gasteiger partial charge in [-0.15, -0.1) is 10.2 Å². The predicted octanol–water partition coefficient (Wildman–Crippen LogP) is 2.98. The van der Waals surface area contributed by atoms with Gasteiger partial charge in [0.05, 0.1) is 30.4 Å². The average molecular weight is 552 g/mol. The van der Waals surface area contributed by atoms with Gasteiger partial charge in [-0.2, -0.15) is 0 Å². The van der Waals surface area contributed by atoms with Crippen LogP contribution >= 0.6 is 11.6 Å². The maximum atomic E-state index is 13.5. The second-order valence-electron chi connectivity index (χ2n) is 8.80. The molecule has 0 amide bonds. The molecular formula is C23H30ClN7O5S. The Labute approximate surface area is 220 Å². The molecule has 14 heteroatoms. The van der Waals surface area contributed by atoms with Crippen LogP contribution in [-0.2, 0) is 29.8 Å². The predicted molar refractivity (Wildman–Crippen MR) is 138 cm³/mol. The molecule has 3 heterocycles. The summed E-state index contributed by atoms with van der Waals surface area (Å²) in [6, 6.07) is 0. The maximum absolute atomic E-state index is 13.5. The summed E-state index contributed by atoms with van der Waals surface area (Å²) in [7, 11) is -2.65. The zero-order valence-electron chi connectivity index (χ0n) is 20.9. The molecule has 0 bridgehead atoms. The number of halogens is 1. The van der Waals surface area contributed by atoms with Gasteiger partial charge in [-0.3, -0.25) is 14.3 Å². The summed E-state index contributed by atoms with van der Waals surface area (Å²) in [5.74, 6) is 0.741. The Morgan fingerprint density at radius 2 is 2.08 bits per heavy atom. The number of aromatic nitrogens is 5. The first-order chi connectivity index (χ1) is 17.7. The number of aliphatic imine (C=N–C) groups is 1. The van der Waals surface area contributed by atoms with Crippen LogP contribution in [0.25, 0.3) is 0 Å². The summed E-state index contributed by atoms with van der Waals surface area (Å²) < 4.78 is 48.5. The molecule has 12 nitrogen and oxygen atoms in total. The fourth-order valence-corrected chi connectivity index (χ4v) is 5.47. The Hall–Kier alpha value is -2.71. The van der Waals surface area contributed by atoms with Crippen molar-refractivity contribution in [2.24, 2.45) is 4.99 Å². The first kappa shape index (κ1) is 27.3. The molecule has 2 aromatic rings. The largest absolute Gasteiger partial charge is 0.376 e. The van der Waals surface area contributed by atoms with Crippen molar-refractivity contribution in [2.75, 3.05) is 31.7 Å². The van der Waals surface area contributed by atoms with E-state index in [4.69, 9.17) is 25.8 Å². The van der Waals surface area contributed by atoms with Crippen LogP contribution in [-0.4, -0.2) is 71.5 Å². The summed E-state index contributed by atoms with van der Waals surface area (Å²) >= 11 is 5.88. The van der Waals surface area contributed by atoms with Crippen LogP contribution in [0, 0.1) is 0 Å². The third-order valence-electron chi connectivity index (χ3n) is 6.44. The van der Waals surface area contributed by atoms with Gasteiger partial charge >= 0.3 is 0 Å². The van der Waals surface area contributed by atoms with Crippen molar-refractivity contribution in [1.29, 1.82) is 0 Å². The van der Waals surface area contributed by atoms with E-state index in [-0.39, 0.29) is 18.4 Å². The number of ether oxygens (including phenoxy) is 3. The lowest BCUT2D eigenvalue weighted by Gasteiger charge is -2.28. The summed E-state index contributed by atoms with van der Waals surface area (Å²) in [4.78, 5) is 12.5. The second-order valence-corrected chi connectivity index (χ2v) is 11.3. The van der Waals surface area contributed by atoms with Crippen molar-refractivity contribution in [3.63, 3.8) is 0 Å². The van der Waals surface area contributed by atoms with Crippen LogP contribution in [0.2, 0.25) is 5.02 Å². The summed E-state index contributed by atoms with van der Waals surface area (Å²) in [5.41, 5.74) is 0.361. The average Bonchev–Trinajstić information content (AvgIpc) is 3.60. The number of anilines is 1. The van der Waals surface area contributed by atoms with Crippen molar-refractivity contribution in [2.45, 2.75) is 49.7 Å². The van der Waals surface area contributed by atoms with Crippen molar-refractivity contribution in [3.8, 4) is 0 Å². The molecule has 1 aliphatic carbocycles. The van der Waals surface area contributed by atoms with E-state index in [0.717, 1.165) is 18.4 Å². The molecule has 0 radical (unpaired) electrons. The molecule has 2 aliphatic rings. The summed E-state index contributed by atoms with van der Waals surface area (Å²) in [5, 5.41) is 7.81. The minimum atomic E-state index is -4.05. The Morgan fingerprint density at radius 1 is 1.35 bits per heavy atom. The quantitative estimate of drug-likeness (QED) is 0.417. The second kappa shape index (κ2) is 11.4. The monoisotopic (exact) mass is 551 g/mol. The van der Waals surface area contributed by atoms with Crippen LogP contribution in [0.5, 0.6) is 0 Å². The molecule has 0 aromatic carbocycles. The minimum Gasteiger partial charge on any atom is -0.376 e. The van der Waals surface area contributed by atoms with E-state index in [0.29, 0.717) is 24.1 Å². The highest BCUT2D eigenvalue weighted by Gasteiger charge is 2.51. The number of sulfonamides is 1. The molecule has 4 rings (SSSR count). The normalized spacial score (nSPS) is 21.5. The first-order valence-electron chi connectivity index (χ1n) is 11.7. The van der Waals surface area contributed by atoms with E-state index in [1.165, 1.54) is 26.4 Å². The number of methoxy groups -OCH3 is 1. The van der Waals surface area contributed by atoms with Crippen LogP contribution in [0.4, 0.5) is 5.95 Å². The molecule has 37 heavy (non-hydrogen) atoms. The smallest absolute Gasteiger partial charge is 0.240 e. The Bertz CT molecular complexity index is 1270. The lowest BCUT2D eigenvalue weighted by molar-refractivity contribution is -0.0951. The van der Waals surface area contributed by atoms with Gasteiger partial charge in [-0.1, -0.05) is 24.3 Å². The molecule has 0 spiro atoms. The van der Waals surface area contributed by atoms with Crippen molar-refractivity contribution >= 4 is 33.8 Å². The van der Waals surface area contributed by atoms with Gasteiger partial charge < -0.3 is 14.2 Å². The minimum absolute atomic E-state index is 0.0702. The molecule has 1 aliphatic heterocycles. The van der Waals surface area contributed by atoms with Gasteiger partial charge in [-0.25, -0.2) is 18.4 Å². The number of hydrogen-bond acceptors (Lipinski definition) is 10. The van der Waals surface area contributed by atoms with Crippen molar-refractivity contribution in [3.05, 3.63) is 53.5 Å². The molecule has 3 atom stereocenters. The molecular weight excluding hydrogens is 522 g/mol. The highest BCUT2D eigenvalue weighted by Crippen LogP contribution is 2.52. The van der Waals surface area contributed by atoms with Gasteiger partial charge in [0.15, 0.2) is 11.6 Å². The van der Waals surface area contributed by atoms with Crippen molar-refractivity contribution < 1.29 is 22.6 Å². The lowest BCUT2D eigenvalue weighted by Crippen LogP contribution is -2.35. The molecule has 1 N–H and O–H groups in total. The molecule has 2 aromatic heterocycles. The van der Waals surface area contributed by atoms with E-state index < -0.39 is 33.0 Å². The first-order valence-corrected chi connectivity index (χ1v) is 13.6. The van der Waals surface area contributed by atoms with Crippen LogP contribution in [0.1, 0.15) is 50.5 Å². The number of rotatable bonds is 11. The molecule has 1 saturated heterocycles. The van der Waals surface area contributed by atoms with Gasteiger partial charge in [0.25, 0.3) is 0 Å². The number of nitrogens with zero attached hydrogens (tertiary/aromatic N) is 6. The fraction of sp³-hybridized carbons (Fsp3) is 0.522. The number of nitrogens with one attached hydrogen (secondary N) is 1. The Morgan fingerprint density at radius 3 is 2.68 bits per heavy atom. The summed E-state index contributed by atoms with van der Waals surface area (Å²) in [6.45, 7) is 8.26. The van der Waals surface area contributed by atoms with Crippen LogP contribution < -0.4 is 4.72 Å². The van der Waals surface area contributed by atoms with Crippen LogP contribution in [0.15, 0.2) is 41.8 Å². The molecule has 1 saturated carbocycles. The van der Waals surface area contributed by atoms with Gasteiger partial charge in [0, 0.05) is 31.9 Å². The van der Waals surface area contributed by atoms with E-state index >= 15 is 0 Å². The van der Waals surface area contributed by atoms with Gasteiger partial charge in [0.2, 0.25) is 16.0 Å². The van der Waals surface area contributed by atoms with Crippen molar-refractivity contribution in [1.82, 2.24) is 24.7 Å². The van der Waals surface area contributed by atoms with E-state index in [9.17, 15) is 8.42 Å². The molecule has 2 fully saturated rings. The topological polar surface area (TPSA) is 143 Å². The molecule has 200 valence electrons. The molecule has 0 unspecified atom stereocenters. The third-order valence-corrected chi connectivity index (χ3v) is 8.32. The lowest BCUT2D eigenvalue weighted by atomic mass is 10.1. The Kier molecular flexibility index (Phi) is 8.39. The van der Waals surface area contributed by atoms with E-state index in [2.05, 4.69) is 36.5 Å². The standard InChI is InChI=1S/C23H30ClN7O5S/c1-5-8-25-11-15(2)23(6-7-23)31-21(18-14-35-9-10-36-18)28-29-22(31)30-37(32,33)16(3)19(34-4)20-26-12-17(24)13-27-20/h5,8,11-13,16,18-19H,1,6-7,9-10,14H2,2-4H3,(H,29,30)/b15-11+,25-8-/t16-,18+,19-/m0/s1. The summed E-state index contributed by atoms with van der Waals surface area (Å²) in [6.07, 6.45) is 7.73. The zero-order valence-corrected chi connectivity index (χ0v) is 22.4. The number of allylic oxidation sites excluding steroid dienone is 2. The van der Waals surface area contributed by atoms with E-state index in [1.54, 1.807) is 23.1 Å². The zero-order chi connectivity index (χ0) is 26.6. The fourth-order valence-electron chi connectivity index (χ4n) is 4.24. The highest BCUT2D eigenvalue weighted by molar-refractivity contribution is 7.93. The van der Waals surface area contributed by atoms with Gasteiger partial charge in [0.1, 0.15) is 17.5 Å². The van der Waals surface area contributed by atoms with E-state index in [1.807, 2.05) is 6.92 Å². The highest BCUT2D eigenvalue weighted by atomic mass is 35.5. The van der Waals surface area contributed by atoms with Gasteiger partial charge in [-0.05, 0) is 32.3 Å².